The predicted octanol–water partition coefficient (Wildman–Crippen LogP) is 1.27. The minimum atomic E-state index is -0.828. The Kier molecular flexibility index (Phi) is 2.75. The summed E-state index contributed by atoms with van der Waals surface area (Å²) >= 11 is 0. The number of nitrogens with zero attached hydrogens (tertiary/aromatic N) is 3. The summed E-state index contributed by atoms with van der Waals surface area (Å²) in [7, 11) is 5.75. The van der Waals surface area contributed by atoms with Crippen LogP contribution in [-0.4, -0.2) is 34.7 Å². The fourth-order valence-corrected chi connectivity index (χ4v) is 2.05. The zero-order valence-electron chi connectivity index (χ0n) is 10.1. The molecule has 5 nitrogen and oxygen atoms in total. The fraction of sp³-hybridized carbons (Fsp3) is 0.333. The summed E-state index contributed by atoms with van der Waals surface area (Å²) < 4.78 is 1.86. The van der Waals surface area contributed by atoms with Crippen LogP contribution >= 0.6 is 0 Å². The van der Waals surface area contributed by atoms with Gasteiger partial charge in [0.15, 0.2) is 0 Å². The zero-order chi connectivity index (χ0) is 12.6. The van der Waals surface area contributed by atoms with Crippen LogP contribution in [0.25, 0.3) is 11.0 Å². The quantitative estimate of drug-likeness (QED) is 0.867. The van der Waals surface area contributed by atoms with Crippen LogP contribution in [0, 0.1) is 0 Å². The highest BCUT2D eigenvalue weighted by Gasteiger charge is 2.15. The van der Waals surface area contributed by atoms with Gasteiger partial charge in [-0.1, -0.05) is 0 Å². The van der Waals surface area contributed by atoms with E-state index in [-0.39, 0.29) is 6.42 Å². The number of pyridine rings is 1. The van der Waals surface area contributed by atoms with Crippen molar-refractivity contribution in [2.45, 2.75) is 6.42 Å². The van der Waals surface area contributed by atoms with Gasteiger partial charge in [0.1, 0.15) is 5.65 Å². The average molecular weight is 233 g/mol. The molecular formula is C12H15N3O2. The van der Waals surface area contributed by atoms with Gasteiger partial charge in [-0.2, -0.15) is 0 Å². The van der Waals surface area contributed by atoms with Gasteiger partial charge in [-0.25, -0.2) is 4.98 Å². The second-order valence-corrected chi connectivity index (χ2v) is 4.26. The van der Waals surface area contributed by atoms with Crippen molar-refractivity contribution in [3.05, 3.63) is 24.0 Å². The van der Waals surface area contributed by atoms with Gasteiger partial charge >= 0.3 is 5.97 Å². The SMILES string of the molecule is CN(C)c1ccnc2c1c(CC(=O)O)cn2C. The van der Waals surface area contributed by atoms with Crippen LogP contribution in [0.1, 0.15) is 5.56 Å². The molecule has 0 aromatic carbocycles. The van der Waals surface area contributed by atoms with E-state index in [0.29, 0.717) is 0 Å². The zero-order valence-corrected chi connectivity index (χ0v) is 10.1. The van der Waals surface area contributed by atoms with Gasteiger partial charge in [0, 0.05) is 44.6 Å². The first kappa shape index (κ1) is 11.4. The molecule has 0 spiro atoms. The Labute approximate surface area is 99.3 Å². The molecule has 0 saturated heterocycles. The molecule has 17 heavy (non-hydrogen) atoms. The largest absolute Gasteiger partial charge is 0.481 e. The molecule has 0 aliphatic heterocycles. The Morgan fingerprint density at radius 2 is 2.24 bits per heavy atom. The van der Waals surface area contributed by atoms with Gasteiger partial charge in [0.2, 0.25) is 0 Å². The average Bonchev–Trinajstić information content (AvgIpc) is 2.55. The minimum absolute atomic E-state index is 0.0177. The summed E-state index contributed by atoms with van der Waals surface area (Å²) in [5, 5.41) is 9.84. The number of aryl methyl sites for hydroxylation is 1. The third kappa shape index (κ3) is 1.95. The summed E-state index contributed by atoms with van der Waals surface area (Å²) in [6, 6.07) is 1.90. The first-order valence-corrected chi connectivity index (χ1v) is 5.32. The Bertz CT molecular complexity index is 572. The summed E-state index contributed by atoms with van der Waals surface area (Å²) in [6.45, 7) is 0. The standard InChI is InChI=1S/C12H15N3O2/c1-14(2)9-4-5-13-12-11(9)8(6-10(16)17)7-15(12)3/h4-5,7H,6H2,1-3H3,(H,16,17). The van der Waals surface area contributed by atoms with E-state index in [4.69, 9.17) is 5.11 Å². The van der Waals surface area contributed by atoms with E-state index in [0.717, 1.165) is 22.3 Å². The summed E-state index contributed by atoms with van der Waals surface area (Å²) in [5.74, 6) is -0.828. The highest BCUT2D eigenvalue weighted by molar-refractivity contribution is 5.95. The third-order valence-corrected chi connectivity index (χ3v) is 2.74. The number of fused-ring (bicyclic) bond motifs is 1. The van der Waals surface area contributed by atoms with Gasteiger partial charge in [0.05, 0.1) is 6.42 Å². The highest BCUT2D eigenvalue weighted by atomic mass is 16.4. The Morgan fingerprint density at radius 3 is 2.82 bits per heavy atom. The second-order valence-electron chi connectivity index (χ2n) is 4.26. The van der Waals surface area contributed by atoms with Crippen LogP contribution in [0.15, 0.2) is 18.5 Å². The van der Waals surface area contributed by atoms with E-state index >= 15 is 0 Å². The van der Waals surface area contributed by atoms with Gasteiger partial charge in [0.25, 0.3) is 0 Å². The number of anilines is 1. The molecular weight excluding hydrogens is 218 g/mol. The molecule has 5 heteroatoms. The van der Waals surface area contributed by atoms with E-state index in [9.17, 15) is 4.79 Å². The molecule has 0 bridgehead atoms. The Hall–Kier alpha value is -2.04. The van der Waals surface area contributed by atoms with Crippen molar-refractivity contribution < 1.29 is 9.90 Å². The van der Waals surface area contributed by atoms with Crippen LogP contribution in [0.5, 0.6) is 0 Å². The van der Waals surface area contributed by atoms with Crippen molar-refractivity contribution >= 4 is 22.7 Å². The number of rotatable bonds is 3. The Morgan fingerprint density at radius 1 is 1.53 bits per heavy atom. The molecule has 2 heterocycles. The molecule has 0 saturated carbocycles. The molecule has 0 radical (unpaired) electrons. The molecule has 0 atom stereocenters. The first-order chi connectivity index (χ1) is 8.00. The number of carboxylic acids is 1. The molecule has 2 aromatic rings. The minimum Gasteiger partial charge on any atom is -0.481 e. The molecule has 0 fully saturated rings. The molecule has 2 aromatic heterocycles. The molecule has 0 aliphatic rings. The maximum absolute atomic E-state index is 10.9. The van der Waals surface area contributed by atoms with Crippen molar-refractivity contribution in [2.75, 3.05) is 19.0 Å². The predicted molar refractivity (Wildman–Crippen MR) is 66.4 cm³/mol. The number of carbonyl (C=O) groups is 1. The lowest BCUT2D eigenvalue weighted by Crippen LogP contribution is -2.10. The monoisotopic (exact) mass is 233 g/mol. The molecule has 90 valence electrons. The second kappa shape index (κ2) is 4.08. The van der Waals surface area contributed by atoms with Crippen LogP contribution in [0.4, 0.5) is 5.69 Å². The van der Waals surface area contributed by atoms with Crippen molar-refractivity contribution in [1.29, 1.82) is 0 Å². The van der Waals surface area contributed by atoms with Gasteiger partial charge < -0.3 is 14.6 Å². The lowest BCUT2D eigenvalue weighted by atomic mass is 10.1. The molecule has 0 aliphatic carbocycles. The fourth-order valence-electron chi connectivity index (χ4n) is 2.05. The maximum Gasteiger partial charge on any atom is 0.307 e. The topological polar surface area (TPSA) is 58.4 Å². The molecule has 0 unspecified atom stereocenters. The first-order valence-electron chi connectivity index (χ1n) is 5.32. The van der Waals surface area contributed by atoms with E-state index in [1.807, 2.05) is 42.9 Å². The molecule has 1 N–H and O–H groups in total. The van der Waals surface area contributed by atoms with E-state index < -0.39 is 5.97 Å². The normalized spacial score (nSPS) is 10.8. The summed E-state index contributed by atoms with van der Waals surface area (Å²) in [5.41, 5.74) is 2.60. The number of hydrogen-bond donors (Lipinski definition) is 1. The van der Waals surface area contributed by atoms with E-state index in [2.05, 4.69) is 4.98 Å². The van der Waals surface area contributed by atoms with Gasteiger partial charge in [-0.15, -0.1) is 0 Å². The van der Waals surface area contributed by atoms with Crippen LogP contribution in [-0.2, 0) is 18.3 Å². The lowest BCUT2D eigenvalue weighted by Gasteiger charge is -2.14. The number of hydrogen-bond acceptors (Lipinski definition) is 3. The van der Waals surface area contributed by atoms with Crippen molar-refractivity contribution in [3.8, 4) is 0 Å². The lowest BCUT2D eigenvalue weighted by molar-refractivity contribution is -0.136. The summed E-state index contributed by atoms with van der Waals surface area (Å²) in [6.07, 6.45) is 3.59. The number of carboxylic acid groups (broad SMARTS) is 1. The highest BCUT2D eigenvalue weighted by Crippen LogP contribution is 2.28. The van der Waals surface area contributed by atoms with Crippen LogP contribution < -0.4 is 4.90 Å². The van der Waals surface area contributed by atoms with Crippen LogP contribution in [0.3, 0.4) is 0 Å². The van der Waals surface area contributed by atoms with Crippen LogP contribution in [0.2, 0.25) is 0 Å². The van der Waals surface area contributed by atoms with Crippen molar-refractivity contribution in [1.82, 2.24) is 9.55 Å². The van der Waals surface area contributed by atoms with Gasteiger partial charge in [-0.3, -0.25) is 4.79 Å². The smallest absolute Gasteiger partial charge is 0.307 e. The van der Waals surface area contributed by atoms with Crippen molar-refractivity contribution in [2.24, 2.45) is 7.05 Å². The van der Waals surface area contributed by atoms with Gasteiger partial charge in [-0.05, 0) is 11.6 Å². The van der Waals surface area contributed by atoms with E-state index in [1.54, 1.807) is 6.20 Å². The van der Waals surface area contributed by atoms with E-state index in [1.165, 1.54) is 0 Å². The summed E-state index contributed by atoms with van der Waals surface area (Å²) in [4.78, 5) is 17.1. The molecule has 0 amide bonds. The Balaban J connectivity index is 2.72. The third-order valence-electron chi connectivity index (χ3n) is 2.74. The maximum atomic E-state index is 10.9. The number of aliphatic carboxylic acids is 1. The number of aromatic nitrogens is 2. The molecule has 2 rings (SSSR count). The van der Waals surface area contributed by atoms with Crippen molar-refractivity contribution in [3.63, 3.8) is 0 Å².